The van der Waals surface area contributed by atoms with E-state index in [9.17, 15) is 21.6 Å². The van der Waals surface area contributed by atoms with Gasteiger partial charge in [0.1, 0.15) is 0 Å². The van der Waals surface area contributed by atoms with Gasteiger partial charge in [-0.15, -0.1) is 0 Å². The molecule has 11 heteroatoms. The number of nitrogens with one attached hydrogen (secondary N) is 2. The Morgan fingerprint density at radius 2 is 1.03 bits per heavy atom. The van der Waals surface area contributed by atoms with Gasteiger partial charge >= 0.3 is 0 Å². The number of nitrogens with zero attached hydrogens (tertiary/aromatic N) is 2. The van der Waals surface area contributed by atoms with Crippen molar-refractivity contribution < 1.29 is 21.6 Å². The van der Waals surface area contributed by atoms with E-state index in [1.54, 1.807) is 52.0 Å². The lowest BCUT2D eigenvalue weighted by atomic mass is 10.3. The Bertz CT molecular complexity index is 1120. The summed E-state index contributed by atoms with van der Waals surface area (Å²) >= 11 is 0. The highest BCUT2D eigenvalue weighted by Crippen LogP contribution is 2.19. The molecule has 0 aliphatic heterocycles. The van der Waals surface area contributed by atoms with Crippen LogP contribution in [-0.4, -0.2) is 64.1 Å². The predicted octanol–water partition coefficient (Wildman–Crippen LogP) is 2.80. The maximum atomic E-state index is 12.5. The van der Waals surface area contributed by atoms with E-state index in [1.807, 2.05) is 0 Å². The van der Waals surface area contributed by atoms with Crippen molar-refractivity contribution in [1.82, 2.24) is 8.61 Å². The molecule has 0 atom stereocenters. The molecule has 0 aliphatic rings. The summed E-state index contributed by atoms with van der Waals surface area (Å²) in [4.78, 5) is 12.6. The molecule has 2 rings (SSSR count). The van der Waals surface area contributed by atoms with Gasteiger partial charge in [-0.05, 0) is 48.5 Å². The number of benzene rings is 2. The molecule has 2 aromatic carbocycles. The van der Waals surface area contributed by atoms with Gasteiger partial charge in [0.05, 0.1) is 16.3 Å². The van der Waals surface area contributed by atoms with E-state index < -0.39 is 20.0 Å². The Labute approximate surface area is 196 Å². The Hall–Kier alpha value is -2.47. The van der Waals surface area contributed by atoms with Crippen molar-refractivity contribution in [2.75, 3.05) is 43.4 Å². The number of amides is 1. The average Bonchev–Trinajstić information content (AvgIpc) is 2.79. The highest BCUT2D eigenvalue weighted by molar-refractivity contribution is 7.89. The number of anilines is 2. The topological polar surface area (TPSA) is 116 Å². The van der Waals surface area contributed by atoms with Crippen LogP contribution in [0.15, 0.2) is 58.3 Å². The van der Waals surface area contributed by atoms with E-state index in [4.69, 9.17) is 0 Å². The monoisotopic (exact) mass is 496 g/mol. The first-order valence-electron chi connectivity index (χ1n) is 10.8. The van der Waals surface area contributed by atoms with Crippen molar-refractivity contribution in [3.63, 3.8) is 0 Å². The second-order valence-electron chi connectivity index (χ2n) is 7.13. The smallest absolute Gasteiger partial charge is 0.243 e. The molecule has 0 spiro atoms. The van der Waals surface area contributed by atoms with Crippen LogP contribution in [0.25, 0.3) is 0 Å². The van der Waals surface area contributed by atoms with E-state index in [-0.39, 0.29) is 22.2 Å². The normalized spacial score (nSPS) is 12.2. The van der Waals surface area contributed by atoms with E-state index in [1.165, 1.54) is 32.9 Å². The van der Waals surface area contributed by atoms with Gasteiger partial charge in [-0.1, -0.05) is 27.7 Å². The summed E-state index contributed by atoms with van der Waals surface area (Å²) in [6.45, 7) is 8.63. The van der Waals surface area contributed by atoms with Crippen molar-refractivity contribution in [1.29, 1.82) is 0 Å². The van der Waals surface area contributed by atoms with Gasteiger partial charge < -0.3 is 10.6 Å². The molecule has 182 valence electrons. The molecule has 0 unspecified atom stereocenters. The highest BCUT2D eigenvalue weighted by atomic mass is 32.2. The van der Waals surface area contributed by atoms with Gasteiger partial charge in [0, 0.05) is 37.6 Å². The fourth-order valence-corrected chi connectivity index (χ4v) is 6.18. The van der Waals surface area contributed by atoms with Crippen LogP contribution in [-0.2, 0) is 24.8 Å². The lowest BCUT2D eigenvalue weighted by Gasteiger charge is -2.18. The second-order valence-corrected chi connectivity index (χ2v) is 11.0. The molecule has 0 saturated heterocycles. The van der Waals surface area contributed by atoms with Crippen LogP contribution >= 0.6 is 0 Å². The molecule has 2 aromatic rings. The quantitative estimate of drug-likeness (QED) is 0.467. The van der Waals surface area contributed by atoms with E-state index in [0.717, 1.165) is 0 Å². The minimum atomic E-state index is -3.55. The number of carbonyl (C=O) groups excluding carboxylic acids is 1. The standard InChI is InChI=1S/C22H32N4O5S2/c1-5-25(6-2)32(28,29)20-13-9-18(10-14-20)23-17-22(27)24-19-11-15-21(16-12-19)33(30,31)26(7-3)8-4/h9-16,23H,5-8,17H2,1-4H3,(H,24,27). The lowest BCUT2D eigenvalue weighted by Crippen LogP contribution is -2.30. The van der Waals surface area contributed by atoms with Gasteiger partial charge in [0.25, 0.3) is 0 Å². The van der Waals surface area contributed by atoms with Crippen molar-refractivity contribution in [2.24, 2.45) is 0 Å². The third-order valence-corrected chi connectivity index (χ3v) is 9.26. The summed E-state index contributed by atoms with van der Waals surface area (Å²) in [7, 11) is -7.09. The largest absolute Gasteiger partial charge is 0.376 e. The molecule has 0 heterocycles. The van der Waals surface area contributed by atoms with Gasteiger partial charge in [-0.2, -0.15) is 8.61 Å². The molecular weight excluding hydrogens is 464 g/mol. The van der Waals surface area contributed by atoms with Crippen LogP contribution in [0.1, 0.15) is 27.7 Å². The van der Waals surface area contributed by atoms with Crippen LogP contribution in [0.2, 0.25) is 0 Å². The summed E-state index contributed by atoms with van der Waals surface area (Å²) in [5, 5.41) is 5.64. The first kappa shape index (κ1) is 26.8. The summed E-state index contributed by atoms with van der Waals surface area (Å²) in [5.74, 6) is -0.325. The van der Waals surface area contributed by atoms with Gasteiger partial charge in [-0.3, -0.25) is 4.79 Å². The van der Waals surface area contributed by atoms with Crippen molar-refractivity contribution in [3.05, 3.63) is 48.5 Å². The zero-order valence-electron chi connectivity index (χ0n) is 19.4. The van der Waals surface area contributed by atoms with Gasteiger partial charge in [0.15, 0.2) is 0 Å². The zero-order valence-corrected chi connectivity index (χ0v) is 21.0. The van der Waals surface area contributed by atoms with Crippen LogP contribution in [0.3, 0.4) is 0 Å². The molecule has 33 heavy (non-hydrogen) atoms. The average molecular weight is 497 g/mol. The third kappa shape index (κ3) is 6.53. The van der Waals surface area contributed by atoms with Crippen LogP contribution < -0.4 is 10.6 Å². The van der Waals surface area contributed by atoms with Crippen molar-refractivity contribution >= 4 is 37.3 Å². The molecule has 0 radical (unpaired) electrons. The second kappa shape index (κ2) is 11.6. The Balaban J connectivity index is 1.97. The Kier molecular flexibility index (Phi) is 9.41. The minimum Gasteiger partial charge on any atom is -0.376 e. The first-order valence-corrected chi connectivity index (χ1v) is 13.7. The highest BCUT2D eigenvalue weighted by Gasteiger charge is 2.22. The van der Waals surface area contributed by atoms with Crippen LogP contribution in [0.5, 0.6) is 0 Å². The molecule has 1 amide bonds. The number of rotatable bonds is 12. The Morgan fingerprint density at radius 3 is 1.39 bits per heavy atom. The number of sulfonamides is 2. The van der Waals surface area contributed by atoms with Gasteiger partial charge in [-0.25, -0.2) is 16.8 Å². The molecule has 0 aliphatic carbocycles. The van der Waals surface area contributed by atoms with Gasteiger partial charge in [0.2, 0.25) is 26.0 Å². The first-order chi connectivity index (χ1) is 15.6. The molecule has 0 fully saturated rings. The molecule has 2 N–H and O–H groups in total. The maximum Gasteiger partial charge on any atom is 0.243 e. The van der Waals surface area contributed by atoms with Crippen molar-refractivity contribution in [3.8, 4) is 0 Å². The van der Waals surface area contributed by atoms with E-state index >= 15 is 0 Å². The fraction of sp³-hybridized carbons (Fsp3) is 0.409. The summed E-state index contributed by atoms with van der Waals surface area (Å²) in [5.41, 5.74) is 1.07. The van der Waals surface area contributed by atoms with Crippen molar-refractivity contribution in [2.45, 2.75) is 37.5 Å². The number of hydrogen-bond donors (Lipinski definition) is 2. The SMILES string of the molecule is CCN(CC)S(=O)(=O)c1ccc(NCC(=O)Nc2ccc(S(=O)(=O)N(CC)CC)cc2)cc1. The molecule has 0 saturated carbocycles. The Morgan fingerprint density at radius 1 is 0.667 bits per heavy atom. The lowest BCUT2D eigenvalue weighted by molar-refractivity contribution is -0.114. The number of hydrogen-bond acceptors (Lipinski definition) is 6. The third-order valence-electron chi connectivity index (χ3n) is 5.13. The van der Waals surface area contributed by atoms with Crippen LogP contribution in [0, 0.1) is 0 Å². The summed E-state index contributed by atoms with van der Waals surface area (Å²) < 4.78 is 52.9. The zero-order chi connectivity index (χ0) is 24.6. The molecule has 0 bridgehead atoms. The predicted molar refractivity (Wildman–Crippen MR) is 130 cm³/mol. The molecular formula is C22H32N4O5S2. The molecule has 9 nitrogen and oxygen atoms in total. The number of carbonyl (C=O) groups is 1. The fourth-order valence-electron chi connectivity index (χ4n) is 3.27. The summed E-state index contributed by atoms with van der Waals surface area (Å²) in [6, 6.07) is 12.2. The van der Waals surface area contributed by atoms with Crippen LogP contribution in [0.4, 0.5) is 11.4 Å². The van der Waals surface area contributed by atoms with E-state index in [0.29, 0.717) is 37.6 Å². The maximum absolute atomic E-state index is 12.5. The molecule has 0 aromatic heterocycles. The van der Waals surface area contributed by atoms with E-state index in [2.05, 4.69) is 10.6 Å². The summed E-state index contributed by atoms with van der Waals surface area (Å²) in [6.07, 6.45) is 0. The minimum absolute atomic E-state index is 0.0400.